The molecular weight excluding hydrogens is 651 g/mol. The van der Waals surface area contributed by atoms with E-state index >= 15 is 0 Å². The van der Waals surface area contributed by atoms with E-state index in [9.17, 15) is 24.6 Å². The fourth-order valence-electron chi connectivity index (χ4n) is 5.78. The second kappa shape index (κ2) is 15.5. The molecular formula is C32H39IN2O7. The van der Waals surface area contributed by atoms with Gasteiger partial charge in [-0.2, -0.15) is 0 Å². The number of ether oxygens (including phenoxy) is 2. The SMILES string of the molecule is COc1cc(C=O)cc(I)c1O[C@H]1C=C(C(=O)NCCO)C[C@@H](N(CC2CCCCC2)C(=O)Cc2ccccc2)[C@@H]1O. The summed E-state index contributed by atoms with van der Waals surface area (Å²) in [5.74, 6) is 0.445. The Morgan fingerprint density at radius 1 is 1.14 bits per heavy atom. The first-order valence-electron chi connectivity index (χ1n) is 14.4. The Hall–Kier alpha value is -2.96. The topological polar surface area (TPSA) is 125 Å². The molecule has 2 aromatic carbocycles. The number of amides is 2. The molecule has 0 aliphatic heterocycles. The van der Waals surface area contributed by atoms with Crippen LogP contribution in [0.2, 0.25) is 0 Å². The Balaban J connectivity index is 1.70. The molecule has 2 amide bonds. The molecule has 0 spiro atoms. The Bertz CT molecular complexity index is 1260. The summed E-state index contributed by atoms with van der Waals surface area (Å²) >= 11 is 2.04. The lowest BCUT2D eigenvalue weighted by Crippen LogP contribution is -2.56. The van der Waals surface area contributed by atoms with Gasteiger partial charge < -0.3 is 29.9 Å². The fourth-order valence-corrected chi connectivity index (χ4v) is 6.53. The van der Waals surface area contributed by atoms with Crippen molar-refractivity contribution in [3.05, 3.63) is 68.8 Å². The van der Waals surface area contributed by atoms with Gasteiger partial charge >= 0.3 is 0 Å². The van der Waals surface area contributed by atoms with Crippen molar-refractivity contribution < 1.29 is 34.1 Å². The van der Waals surface area contributed by atoms with Crippen LogP contribution in [0.5, 0.6) is 11.5 Å². The minimum absolute atomic E-state index is 0.0759. The van der Waals surface area contributed by atoms with Crippen LogP contribution in [0.1, 0.15) is 54.4 Å². The van der Waals surface area contributed by atoms with E-state index in [1.54, 1.807) is 23.1 Å². The molecule has 9 nitrogen and oxygen atoms in total. The maximum absolute atomic E-state index is 13.9. The number of aliphatic hydroxyl groups excluding tert-OH is 2. The predicted molar refractivity (Wildman–Crippen MR) is 167 cm³/mol. The Kier molecular flexibility index (Phi) is 11.8. The standard InChI is InChI=1S/C32H39IN2O7/c1-41-28-15-23(20-37)14-25(33)31(28)42-27-18-24(32(40)34-12-13-36)17-26(30(27)39)35(19-22-10-6-3-7-11-22)29(38)16-21-8-4-2-5-9-21/h2,4-5,8-9,14-15,18,20,22,26-27,30,36,39H,3,6-7,10-13,16-17,19H2,1H3,(H,34,40)/t26-,27+,30+/m1/s1. The van der Waals surface area contributed by atoms with Crippen LogP contribution in [0.15, 0.2) is 54.1 Å². The zero-order valence-corrected chi connectivity index (χ0v) is 26.0. The minimum Gasteiger partial charge on any atom is -0.493 e. The first kappa shape index (κ1) is 32.0. The fraction of sp³-hybridized carbons (Fsp3) is 0.469. The monoisotopic (exact) mass is 690 g/mol. The predicted octanol–water partition coefficient (Wildman–Crippen LogP) is 3.68. The molecule has 2 aliphatic carbocycles. The molecule has 42 heavy (non-hydrogen) atoms. The van der Waals surface area contributed by atoms with Gasteiger partial charge in [-0.25, -0.2) is 0 Å². The molecule has 3 atom stereocenters. The molecule has 0 radical (unpaired) electrons. The number of rotatable bonds is 12. The van der Waals surface area contributed by atoms with Crippen LogP contribution in [-0.2, 0) is 16.0 Å². The van der Waals surface area contributed by atoms with Crippen molar-refractivity contribution in [2.45, 2.75) is 63.2 Å². The van der Waals surface area contributed by atoms with E-state index < -0.39 is 18.2 Å². The molecule has 2 aliphatic rings. The average Bonchev–Trinajstić information content (AvgIpc) is 3.01. The number of hydrogen-bond donors (Lipinski definition) is 3. The van der Waals surface area contributed by atoms with Gasteiger partial charge in [0.05, 0.1) is 29.7 Å². The van der Waals surface area contributed by atoms with Gasteiger partial charge in [-0.15, -0.1) is 0 Å². The maximum atomic E-state index is 13.9. The summed E-state index contributed by atoms with van der Waals surface area (Å²) in [6, 6.07) is 12.0. The first-order valence-corrected chi connectivity index (χ1v) is 15.5. The molecule has 0 heterocycles. The van der Waals surface area contributed by atoms with Gasteiger partial charge in [-0.3, -0.25) is 14.4 Å². The second-order valence-electron chi connectivity index (χ2n) is 10.9. The Morgan fingerprint density at radius 2 is 1.88 bits per heavy atom. The van der Waals surface area contributed by atoms with Crippen molar-refractivity contribution >= 4 is 40.7 Å². The molecule has 0 saturated heterocycles. The van der Waals surface area contributed by atoms with E-state index in [1.165, 1.54) is 13.5 Å². The highest BCUT2D eigenvalue weighted by Crippen LogP contribution is 2.37. The van der Waals surface area contributed by atoms with Crippen molar-refractivity contribution in [2.24, 2.45) is 5.92 Å². The zero-order valence-electron chi connectivity index (χ0n) is 23.8. The molecule has 1 fully saturated rings. The summed E-state index contributed by atoms with van der Waals surface area (Å²) in [6.45, 7) is 0.347. The number of benzene rings is 2. The molecule has 1 saturated carbocycles. The van der Waals surface area contributed by atoms with E-state index in [2.05, 4.69) is 5.32 Å². The number of aliphatic hydroxyl groups is 2. The van der Waals surface area contributed by atoms with E-state index in [0.29, 0.717) is 45.0 Å². The number of nitrogens with one attached hydrogen (secondary N) is 1. The number of hydrogen-bond acceptors (Lipinski definition) is 7. The lowest BCUT2D eigenvalue weighted by atomic mass is 9.85. The number of nitrogens with zero attached hydrogens (tertiary/aromatic N) is 1. The van der Waals surface area contributed by atoms with Crippen LogP contribution in [0.4, 0.5) is 0 Å². The van der Waals surface area contributed by atoms with Crippen molar-refractivity contribution in [3.8, 4) is 11.5 Å². The summed E-state index contributed by atoms with van der Waals surface area (Å²) in [7, 11) is 1.46. The van der Waals surface area contributed by atoms with Gasteiger partial charge in [-0.05, 0) is 65.1 Å². The lowest BCUT2D eigenvalue weighted by molar-refractivity contribution is -0.139. The molecule has 226 valence electrons. The van der Waals surface area contributed by atoms with Crippen LogP contribution in [0.25, 0.3) is 0 Å². The van der Waals surface area contributed by atoms with Gasteiger partial charge in [0.1, 0.15) is 18.5 Å². The third kappa shape index (κ3) is 8.11. The van der Waals surface area contributed by atoms with Crippen molar-refractivity contribution in [3.63, 3.8) is 0 Å². The number of halogens is 1. The summed E-state index contributed by atoms with van der Waals surface area (Å²) in [4.78, 5) is 40.3. The summed E-state index contributed by atoms with van der Waals surface area (Å²) in [5.41, 5.74) is 1.65. The summed E-state index contributed by atoms with van der Waals surface area (Å²) < 4.78 is 12.4. The van der Waals surface area contributed by atoms with Crippen LogP contribution in [0.3, 0.4) is 0 Å². The molecule has 4 rings (SSSR count). The molecule has 10 heteroatoms. The van der Waals surface area contributed by atoms with E-state index in [4.69, 9.17) is 9.47 Å². The van der Waals surface area contributed by atoms with Crippen LogP contribution >= 0.6 is 22.6 Å². The molecule has 0 unspecified atom stereocenters. The third-order valence-corrected chi connectivity index (χ3v) is 8.76. The molecule has 0 bridgehead atoms. The van der Waals surface area contributed by atoms with Crippen molar-refractivity contribution in [1.82, 2.24) is 10.2 Å². The zero-order chi connectivity index (χ0) is 30.1. The maximum Gasteiger partial charge on any atom is 0.247 e. The summed E-state index contributed by atoms with van der Waals surface area (Å²) in [5, 5.41) is 23.8. The van der Waals surface area contributed by atoms with E-state index in [1.807, 2.05) is 52.9 Å². The highest BCUT2D eigenvalue weighted by Gasteiger charge is 2.41. The molecule has 0 aromatic heterocycles. The molecule has 2 aromatic rings. The number of carbonyl (C=O) groups excluding carboxylic acids is 3. The molecule has 3 N–H and O–H groups in total. The smallest absolute Gasteiger partial charge is 0.247 e. The van der Waals surface area contributed by atoms with E-state index in [0.717, 1.165) is 31.2 Å². The van der Waals surface area contributed by atoms with E-state index in [-0.39, 0.29) is 37.8 Å². The quantitative estimate of drug-likeness (QED) is 0.229. The normalized spacial score (nSPS) is 20.8. The van der Waals surface area contributed by atoms with Gasteiger partial charge in [0.15, 0.2) is 11.5 Å². The van der Waals surface area contributed by atoms with Crippen molar-refractivity contribution in [1.29, 1.82) is 0 Å². The first-order chi connectivity index (χ1) is 20.3. The third-order valence-electron chi connectivity index (χ3n) is 7.95. The second-order valence-corrected chi connectivity index (χ2v) is 12.0. The average molecular weight is 691 g/mol. The highest BCUT2D eigenvalue weighted by atomic mass is 127. The van der Waals surface area contributed by atoms with Gasteiger partial charge in [-0.1, -0.05) is 49.6 Å². The van der Waals surface area contributed by atoms with Gasteiger partial charge in [0.25, 0.3) is 0 Å². The van der Waals surface area contributed by atoms with Gasteiger partial charge in [0, 0.05) is 30.6 Å². The number of methoxy groups -OCH3 is 1. The number of carbonyl (C=O) groups is 3. The van der Waals surface area contributed by atoms with Crippen molar-refractivity contribution in [2.75, 3.05) is 26.8 Å². The van der Waals surface area contributed by atoms with Crippen LogP contribution in [-0.4, -0.2) is 78.3 Å². The largest absolute Gasteiger partial charge is 0.493 e. The highest BCUT2D eigenvalue weighted by molar-refractivity contribution is 14.1. The number of aldehydes is 1. The Morgan fingerprint density at radius 3 is 2.55 bits per heavy atom. The van der Waals surface area contributed by atoms with Crippen LogP contribution in [0, 0.1) is 9.49 Å². The summed E-state index contributed by atoms with van der Waals surface area (Å²) in [6.07, 6.45) is 5.89. The minimum atomic E-state index is -1.14. The van der Waals surface area contributed by atoms with Gasteiger partial charge in [0.2, 0.25) is 11.8 Å². The van der Waals surface area contributed by atoms with Crippen LogP contribution < -0.4 is 14.8 Å². The Labute approximate surface area is 260 Å². The lowest BCUT2D eigenvalue weighted by Gasteiger charge is -2.42.